The topological polar surface area (TPSA) is 15.8 Å². The van der Waals surface area contributed by atoms with Crippen LogP contribution in [0.25, 0.3) is 42.0 Å². The van der Waals surface area contributed by atoms with E-state index in [4.69, 9.17) is 0 Å². The number of aromatic amines is 1. The lowest BCUT2D eigenvalue weighted by Crippen LogP contribution is -2.11. The van der Waals surface area contributed by atoms with Crippen LogP contribution in [0.4, 0.5) is 0 Å². The molecule has 0 amide bonds. The van der Waals surface area contributed by atoms with Gasteiger partial charge in [-0.05, 0) is 29.2 Å². The number of thiophene rings is 1. The molecule has 1 N–H and O–H groups in total. The van der Waals surface area contributed by atoms with Gasteiger partial charge in [0.15, 0.2) is 0 Å². The van der Waals surface area contributed by atoms with Gasteiger partial charge in [-0.3, -0.25) is 0 Å². The van der Waals surface area contributed by atoms with Gasteiger partial charge >= 0.3 is 0 Å². The van der Waals surface area contributed by atoms with Gasteiger partial charge in [0.05, 0.1) is 5.52 Å². The van der Waals surface area contributed by atoms with Crippen molar-refractivity contribution in [3.63, 3.8) is 0 Å². The van der Waals surface area contributed by atoms with Crippen molar-refractivity contribution in [2.45, 2.75) is 26.2 Å². The molecule has 0 atom stereocenters. The first-order valence-electron chi connectivity index (χ1n) is 10.4. The van der Waals surface area contributed by atoms with Gasteiger partial charge in [-0.25, -0.2) is 0 Å². The Balaban J connectivity index is 0.000000133. The van der Waals surface area contributed by atoms with Gasteiger partial charge in [-0.2, -0.15) is 0 Å². The minimum absolute atomic E-state index is 0.167. The Bertz CT molecular complexity index is 1430. The van der Waals surface area contributed by atoms with Crippen molar-refractivity contribution in [1.82, 2.24) is 4.98 Å². The van der Waals surface area contributed by atoms with Crippen LogP contribution in [0.1, 0.15) is 26.3 Å². The number of aromatic nitrogens is 1. The molecule has 4 aromatic carbocycles. The van der Waals surface area contributed by atoms with Gasteiger partial charge in [0.2, 0.25) is 0 Å². The predicted molar refractivity (Wildman–Crippen MR) is 134 cm³/mol. The lowest BCUT2D eigenvalue weighted by molar-refractivity contribution is 0.595. The number of benzene rings is 4. The van der Waals surface area contributed by atoms with Crippen LogP contribution < -0.4 is 0 Å². The molecule has 0 fully saturated rings. The van der Waals surface area contributed by atoms with E-state index in [0.717, 1.165) is 0 Å². The Morgan fingerprint density at radius 3 is 1.73 bits per heavy atom. The van der Waals surface area contributed by atoms with Gasteiger partial charge in [-0.1, -0.05) is 93.6 Å². The number of rotatable bonds is 0. The molecule has 6 aromatic rings. The van der Waals surface area contributed by atoms with Gasteiger partial charge in [0.1, 0.15) is 0 Å². The Labute approximate surface area is 181 Å². The summed E-state index contributed by atoms with van der Waals surface area (Å²) in [6.45, 7) is 6.77. The predicted octanol–water partition coefficient (Wildman–Crippen LogP) is 8.67. The highest BCUT2D eigenvalue weighted by Gasteiger charge is 2.18. The van der Waals surface area contributed by atoms with Crippen LogP contribution in [-0.2, 0) is 5.41 Å². The molecule has 6 rings (SSSR count). The van der Waals surface area contributed by atoms with Crippen LogP contribution in [0.3, 0.4) is 0 Å². The smallest absolute Gasteiger partial charge is 0.0502 e. The number of nitrogens with one attached hydrogen (secondary N) is 1. The third kappa shape index (κ3) is 3.28. The average Bonchev–Trinajstić information content (AvgIpc) is 3.31. The van der Waals surface area contributed by atoms with Crippen LogP contribution >= 0.6 is 11.3 Å². The van der Waals surface area contributed by atoms with E-state index < -0.39 is 0 Å². The fraction of sp³-hybridized carbons (Fsp3) is 0.143. The minimum atomic E-state index is 0.167. The monoisotopic (exact) mass is 407 g/mol. The molecule has 0 saturated heterocycles. The van der Waals surface area contributed by atoms with Crippen molar-refractivity contribution in [3.05, 3.63) is 96.6 Å². The standard InChI is InChI=1S/C16H17N.C12H8S/c1-16(2,3)13-9-6-8-12-11-7-4-5-10-14(11)17-15(12)13;1-3-7-11-9(5-1)10-6-2-4-8-12(10)13-11/h4-10,17H,1-3H3;1-8H. The zero-order valence-corrected chi connectivity index (χ0v) is 18.4. The maximum absolute atomic E-state index is 3.55. The van der Waals surface area contributed by atoms with Crippen LogP contribution in [0.5, 0.6) is 0 Å². The van der Waals surface area contributed by atoms with Crippen molar-refractivity contribution in [1.29, 1.82) is 0 Å². The quantitative estimate of drug-likeness (QED) is 0.259. The van der Waals surface area contributed by atoms with Gasteiger partial charge in [-0.15, -0.1) is 11.3 Å². The molecule has 0 aliphatic carbocycles. The first kappa shape index (κ1) is 18.9. The van der Waals surface area contributed by atoms with Crippen molar-refractivity contribution in [2.24, 2.45) is 0 Å². The first-order valence-corrected chi connectivity index (χ1v) is 11.2. The molecule has 2 heterocycles. The summed E-state index contributed by atoms with van der Waals surface area (Å²) in [5.41, 5.74) is 4.05. The fourth-order valence-electron chi connectivity index (χ4n) is 4.17. The SMILES string of the molecule is CC(C)(C)c1cccc2c1[nH]c1ccccc12.c1ccc2c(c1)sc1ccccc12. The second-order valence-corrected chi connectivity index (χ2v) is 9.83. The largest absolute Gasteiger partial charge is 0.354 e. The van der Waals surface area contributed by atoms with E-state index in [1.165, 1.54) is 47.5 Å². The molecule has 2 aromatic heterocycles. The molecule has 2 heteroatoms. The van der Waals surface area contributed by atoms with Crippen molar-refractivity contribution >= 4 is 53.3 Å². The Hall–Kier alpha value is -3.10. The second kappa shape index (κ2) is 7.30. The average molecular weight is 408 g/mol. The first-order chi connectivity index (χ1) is 14.5. The number of para-hydroxylation sites is 2. The molecule has 0 aliphatic rings. The highest BCUT2D eigenvalue weighted by Crippen LogP contribution is 2.34. The Kier molecular flexibility index (Phi) is 4.60. The molecular formula is C28H25NS. The number of hydrogen-bond acceptors (Lipinski definition) is 1. The van der Waals surface area contributed by atoms with Gasteiger partial charge in [0, 0.05) is 36.5 Å². The fourth-order valence-corrected chi connectivity index (χ4v) is 5.28. The summed E-state index contributed by atoms with van der Waals surface area (Å²) >= 11 is 1.86. The lowest BCUT2D eigenvalue weighted by Gasteiger charge is -2.19. The molecule has 0 bridgehead atoms. The summed E-state index contributed by atoms with van der Waals surface area (Å²) in [6, 6.07) is 32.2. The summed E-state index contributed by atoms with van der Waals surface area (Å²) in [6.07, 6.45) is 0. The molecular weight excluding hydrogens is 382 g/mol. The van der Waals surface area contributed by atoms with E-state index >= 15 is 0 Å². The normalized spacial score (nSPS) is 11.8. The summed E-state index contributed by atoms with van der Waals surface area (Å²) < 4.78 is 2.76. The van der Waals surface area contributed by atoms with E-state index in [1.807, 2.05) is 11.3 Å². The highest BCUT2D eigenvalue weighted by molar-refractivity contribution is 7.25. The van der Waals surface area contributed by atoms with E-state index in [1.54, 1.807) is 0 Å². The summed E-state index contributed by atoms with van der Waals surface area (Å²) in [4.78, 5) is 3.55. The van der Waals surface area contributed by atoms with Crippen molar-refractivity contribution < 1.29 is 0 Å². The van der Waals surface area contributed by atoms with Crippen LogP contribution in [-0.4, -0.2) is 4.98 Å². The van der Waals surface area contributed by atoms with E-state index in [2.05, 4.69) is 117 Å². The van der Waals surface area contributed by atoms with Crippen molar-refractivity contribution in [3.8, 4) is 0 Å². The molecule has 0 aliphatic heterocycles. The third-order valence-electron chi connectivity index (χ3n) is 5.63. The summed E-state index contributed by atoms with van der Waals surface area (Å²) in [5.74, 6) is 0. The van der Waals surface area contributed by atoms with E-state index in [0.29, 0.717) is 0 Å². The second-order valence-electron chi connectivity index (χ2n) is 8.74. The van der Waals surface area contributed by atoms with Crippen LogP contribution in [0, 0.1) is 0 Å². The molecule has 0 saturated carbocycles. The number of fused-ring (bicyclic) bond motifs is 6. The molecule has 0 spiro atoms. The maximum atomic E-state index is 3.55. The Morgan fingerprint density at radius 1 is 0.567 bits per heavy atom. The molecule has 0 unspecified atom stereocenters. The maximum Gasteiger partial charge on any atom is 0.0502 e. The summed E-state index contributed by atoms with van der Waals surface area (Å²) in [5, 5.41) is 5.40. The molecule has 1 nitrogen and oxygen atoms in total. The summed E-state index contributed by atoms with van der Waals surface area (Å²) in [7, 11) is 0. The molecule has 0 radical (unpaired) electrons. The van der Waals surface area contributed by atoms with E-state index in [-0.39, 0.29) is 5.41 Å². The number of hydrogen-bond donors (Lipinski definition) is 1. The zero-order chi connectivity index (χ0) is 20.7. The highest BCUT2D eigenvalue weighted by atomic mass is 32.1. The zero-order valence-electron chi connectivity index (χ0n) is 17.6. The molecule has 148 valence electrons. The van der Waals surface area contributed by atoms with Gasteiger partial charge < -0.3 is 4.98 Å². The van der Waals surface area contributed by atoms with Crippen LogP contribution in [0.15, 0.2) is 91.0 Å². The van der Waals surface area contributed by atoms with Crippen LogP contribution in [0.2, 0.25) is 0 Å². The van der Waals surface area contributed by atoms with Gasteiger partial charge in [0.25, 0.3) is 0 Å². The lowest BCUT2D eigenvalue weighted by atomic mass is 9.86. The number of H-pyrrole nitrogens is 1. The Morgan fingerprint density at radius 2 is 1.10 bits per heavy atom. The van der Waals surface area contributed by atoms with Crippen molar-refractivity contribution in [2.75, 3.05) is 0 Å². The third-order valence-corrected chi connectivity index (χ3v) is 6.79. The molecule has 30 heavy (non-hydrogen) atoms. The van der Waals surface area contributed by atoms with E-state index in [9.17, 15) is 0 Å². The minimum Gasteiger partial charge on any atom is -0.354 e.